The molecule has 0 bridgehead atoms. The molecule has 0 unspecified atom stereocenters. The lowest BCUT2D eigenvalue weighted by Gasteiger charge is -2.22. The third-order valence-corrected chi connectivity index (χ3v) is 5.87. The number of ether oxygens (including phenoxy) is 2. The standard InChI is InChI=1S/C25H23NO2.C4H10O.CH2O2/c1-4-19-15(2)13-17-14-18(27-3)5-6-20(17)24(19)21-7-8-22-23-16(10-12-28-22)9-11-26-25(21)23;1-4(2,3)5;2-1-3/h5-9,11,13-14H,4,10,12H2,1-3H3;5H,1-3H3;1H,(H,2,3). The van der Waals surface area contributed by atoms with Gasteiger partial charge in [-0.15, -0.1) is 0 Å². The number of nitrogens with zero attached hydrogens (tertiary/aromatic N) is 1. The van der Waals surface area contributed by atoms with Gasteiger partial charge in [0.15, 0.2) is 0 Å². The van der Waals surface area contributed by atoms with Crippen molar-refractivity contribution >= 4 is 28.1 Å². The fraction of sp³-hybridized carbons (Fsp3) is 0.333. The third kappa shape index (κ3) is 5.94. The number of aliphatic hydroxyl groups is 1. The Labute approximate surface area is 212 Å². The zero-order chi connectivity index (χ0) is 26.5. The molecule has 0 saturated heterocycles. The molecule has 1 aliphatic heterocycles. The second-order valence-corrected chi connectivity index (χ2v) is 9.67. The number of hydrogen-bond donors (Lipinski definition) is 2. The quantitative estimate of drug-likeness (QED) is 0.326. The Bertz CT molecular complexity index is 1360. The first-order chi connectivity index (χ1) is 17.1. The van der Waals surface area contributed by atoms with E-state index in [0.717, 1.165) is 41.9 Å². The Morgan fingerprint density at radius 2 is 1.83 bits per heavy atom. The third-order valence-electron chi connectivity index (χ3n) is 5.87. The van der Waals surface area contributed by atoms with Gasteiger partial charge in [0.2, 0.25) is 0 Å². The van der Waals surface area contributed by atoms with Crippen LogP contribution in [-0.4, -0.2) is 41.0 Å². The zero-order valence-electron chi connectivity index (χ0n) is 21.9. The summed E-state index contributed by atoms with van der Waals surface area (Å²) >= 11 is 0. The fourth-order valence-electron chi connectivity index (χ4n) is 4.56. The van der Waals surface area contributed by atoms with Gasteiger partial charge in [-0.1, -0.05) is 19.1 Å². The number of hydrogen-bond acceptors (Lipinski definition) is 5. The molecule has 0 saturated carbocycles. The Balaban J connectivity index is 0.000000398. The summed E-state index contributed by atoms with van der Waals surface area (Å²) in [6.45, 7) is 10.1. The highest BCUT2D eigenvalue weighted by atomic mass is 16.5. The van der Waals surface area contributed by atoms with Crippen LogP contribution in [0.25, 0.3) is 32.8 Å². The van der Waals surface area contributed by atoms with Crippen molar-refractivity contribution in [2.24, 2.45) is 0 Å². The van der Waals surface area contributed by atoms with Crippen LogP contribution in [0, 0.1) is 6.92 Å². The summed E-state index contributed by atoms with van der Waals surface area (Å²) in [7, 11) is 1.71. The highest BCUT2D eigenvalue weighted by molar-refractivity contribution is 6.08. The summed E-state index contributed by atoms with van der Waals surface area (Å²) in [5.74, 6) is 1.83. The molecular weight excluding hydrogens is 454 g/mol. The maximum atomic E-state index is 8.52. The number of aromatic nitrogens is 1. The zero-order valence-corrected chi connectivity index (χ0v) is 21.9. The van der Waals surface area contributed by atoms with Crippen LogP contribution < -0.4 is 9.47 Å². The molecule has 6 heteroatoms. The summed E-state index contributed by atoms with van der Waals surface area (Å²) in [5, 5.41) is 19.0. The molecule has 0 atom stereocenters. The van der Waals surface area contributed by atoms with Crippen LogP contribution in [0.2, 0.25) is 0 Å². The van der Waals surface area contributed by atoms with Crippen molar-refractivity contribution in [1.82, 2.24) is 4.98 Å². The van der Waals surface area contributed by atoms with Crippen LogP contribution in [0.1, 0.15) is 44.4 Å². The molecule has 6 nitrogen and oxygen atoms in total. The summed E-state index contributed by atoms with van der Waals surface area (Å²) in [5.41, 5.74) is 6.99. The summed E-state index contributed by atoms with van der Waals surface area (Å²) < 4.78 is 11.4. The highest BCUT2D eigenvalue weighted by Crippen LogP contribution is 2.42. The van der Waals surface area contributed by atoms with Gasteiger partial charge in [-0.3, -0.25) is 9.78 Å². The molecule has 2 N–H and O–H groups in total. The van der Waals surface area contributed by atoms with Gasteiger partial charge in [0, 0.05) is 23.6 Å². The van der Waals surface area contributed by atoms with Crippen molar-refractivity contribution in [1.29, 1.82) is 0 Å². The van der Waals surface area contributed by atoms with Crippen molar-refractivity contribution in [3.8, 4) is 22.6 Å². The summed E-state index contributed by atoms with van der Waals surface area (Å²) in [6.07, 6.45) is 3.84. The van der Waals surface area contributed by atoms with E-state index in [2.05, 4.69) is 50.2 Å². The molecule has 0 fully saturated rings. The molecule has 190 valence electrons. The maximum Gasteiger partial charge on any atom is 0.290 e. The molecule has 0 radical (unpaired) electrons. The molecule has 3 aromatic carbocycles. The number of benzene rings is 3. The molecule has 0 aliphatic carbocycles. The van der Waals surface area contributed by atoms with Crippen molar-refractivity contribution in [3.05, 3.63) is 65.4 Å². The van der Waals surface area contributed by atoms with E-state index in [0.29, 0.717) is 0 Å². The van der Waals surface area contributed by atoms with Gasteiger partial charge in [0.1, 0.15) is 11.5 Å². The van der Waals surface area contributed by atoms with Crippen molar-refractivity contribution in [3.63, 3.8) is 0 Å². The molecule has 1 aromatic heterocycles. The van der Waals surface area contributed by atoms with E-state index >= 15 is 0 Å². The second-order valence-electron chi connectivity index (χ2n) is 9.67. The molecule has 0 spiro atoms. The Morgan fingerprint density at radius 3 is 2.47 bits per heavy atom. The number of aryl methyl sites for hydroxylation is 1. The number of fused-ring (bicyclic) bond motifs is 1. The fourth-order valence-corrected chi connectivity index (χ4v) is 4.56. The predicted octanol–water partition coefficient (Wildman–Crippen LogP) is 6.35. The topological polar surface area (TPSA) is 88.9 Å². The Kier molecular flexibility index (Phi) is 8.53. The minimum atomic E-state index is -0.500. The van der Waals surface area contributed by atoms with E-state index in [-0.39, 0.29) is 6.47 Å². The van der Waals surface area contributed by atoms with E-state index in [1.165, 1.54) is 38.6 Å². The van der Waals surface area contributed by atoms with E-state index in [1.807, 2.05) is 12.3 Å². The maximum absolute atomic E-state index is 8.52. The van der Waals surface area contributed by atoms with Crippen LogP contribution >= 0.6 is 0 Å². The van der Waals surface area contributed by atoms with Gasteiger partial charge in [0.25, 0.3) is 6.47 Å². The van der Waals surface area contributed by atoms with Gasteiger partial charge >= 0.3 is 0 Å². The Morgan fingerprint density at radius 1 is 1.14 bits per heavy atom. The minimum absolute atomic E-state index is 0.250. The van der Waals surface area contributed by atoms with E-state index < -0.39 is 5.60 Å². The lowest BCUT2D eigenvalue weighted by molar-refractivity contribution is -0.122. The van der Waals surface area contributed by atoms with E-state index in [4.69, 9.17) is 29.5 Å². The second kappa shape index (κ2) is 11.4. The van der Waals surface area contributed by atoms with Crippen LogP contribution in [0.4, 0.5) is 0 Å². The SMILES string of the molecule is CC(C)(C)O.CCc1c(C)cc2cc(OC)ccc2c1-c1ccc2c3c(ccnc13)CCO2.O=CO. The first kappa shape index (κ1) is 27.0. The molecule has 2 heterocycles. The molecule has 4 aromatic rings. The van der Waals surface area contributed by atoms with Gasteiger partial charge in [-0.2, -0.15) is 0 Å². The molecular formula is C30H35NO5. The molecule has 1 aliphatic rings. The van der Waals surface area contributed by atoms with E-state index in [1.54, 1.807) is 27.9 Å². The average molecular weight is 490 g/mol. The van der Waals surface area contributed by atoms with Crippen LogP contribution in [0.5, 0.6) is 11.5 Å². The van der Waals surface area contributed by atoms with E-state index in [9.17, 15) is 0 Å². The highest BCUT2D eigenvalue weighted by Gasteiger charge is 2.20. The summed E-state index contributed by atoms with van der Waals surface area (Å²) in [6, 6.07) is 15.0. The van der Waals surface area contributed by atoms with Crippen LogP contribution in [0.3, 0.4) is 0 Å². The lowest BCUT2D eigenvalue weighted by Crippen LogP contribution is -2.10. The number of rotatable bonds is 3. The van der Waals surface area contributed by atoms with Crippen LogP contribution in [-0.2, 0) is 17.6 Å². The van der Waals surface area contributed by atoms with Gasteiger partial charge < -0.3 is 19.7 Å². The van der Waals surface area contributed by atoms with Crippen LogP contribution in [0.15, 0.2) is 48.7 Å². The normalized spacial score (nSPS) is 12.1. The van der Waals surface area contributed by atoms with Crippen molar-refractivity contribution in [2.75, 3.05) is 13.7 Å². The molecule has 36 heavy (non-hydrogen) atoms. The minimum Gasteiger partial charge on any atom is -0.497 e. The monoisotopic (exact) mass is 489 g/mol. The van der Waals surface area contributed by atoms with Crippen molar-refractivity contribution in [2.45, 2.75) is 53.1 Å². The summed E-state index contributed by atoms with van der Waals surface area (Å²) in [4.78, 5) is 13.2. The van der Waals surface area contributed by atoms with Gasteiger partial charge in [-0.25, -0.2) is 0 Å². The lowest BCUT2D eigenvalue weighted by atomic mass is 9.87. The smallest absolute Gasteiger partial charge is 0.290 e. The number of pyridine rings is 1. The van der Waals surface area contributed by atoms with Crippen molar-refractivity contribution < 1.29 is 24.5 Å². The first-order valence-corrected chi connectivity index (χ1v) is 12.1. The first-order valence-electron chi connectivity index (χ1n) is 12.1. The molecule has 0 amide bonds. The number of carboxylic acid groups (broad SMARTS) is 1. The number of carbonyl (C=O) groups is 1. The number of methoxy groups -OCH3 is 1. The Hall–Kier alpha value is -3.64. The molecule has 5 rings (SSSR count). The van der Waals surface area contributed by atoms with Gasteiger partial charge in [0.05, 0.1) is 24.8 Å². The average Bonchev–Trinajstić information content (AvgIpc) is 2.83. The largest absolute Gasteiger partial charge is 0.497 e. The van der Waals surface area contributed by atoms with Gasteiger partial charge in [-0.05, 0) is 97.5 Å². The predicted molar refractivity (Wildman–Crippen MR) is 145 cm³/mol.